The van der Waals surface area contributed by atoms with Gasteiger partial charge in [0.05, 0.1) is 0 Å². The molecule has 1 aromatic rings. The number of fused-ring (bicyclic) bond motifs is 5. The number of benzene rings is 1. The van der Waals surface area contributed by atoms with Gasteiger partial charge in [-0.2, -0.15) is 0 Å². The molecule has 0 nitrogen and oxygen atoms in total. The highest BCUT2D eigenvalue weighted by molar-refractivity contribution is 5.34. The maximum Gasteiger partial charge on any atom is -0.0128 e. The van der Waals surface area contributed by atoms with Gasteiger partial charge in [-0.15, -0.1) is 0 Å². The zero-order chi connectivity index (χ0) is 11.2. The van der Waals surface area contributed by atoms with E-state index in [1.807, 2.05) is 0 Å². The standard InChI is InChI=1S/C17H22/c1-2-6-14-12(4-1)8-10-17-15-7-3-5-13(15)9-11-16(14)17/h1-2,4,6,13,15-17H,3,5,7-11H2/t13?,15-,16-,17?/m1/s1. The van der Waals surface area contributed by atoms with Crippen LogP contribution >= 0.6 is 0 Å². The minimum atomic E-state index is 0.916. The fourth-order valence-corrected chi connectivity index (χ4v) is 5.14. The summed E-state index contributed by atoms with van der Waals surface area (Å²) in [5, 5.41) is 0. The Balaban J connectivity index is 1.71. The Morgan fingerprint density at radius 2 is 1.76 bits per heavy atom. The van der Waals surface area contributed by atoms with Gasteiger partial charge in [0.2, 0.25) is 0 Å². The highest BCUT2D eigenvalue weighted by Crippen LogP contribution is 2.54. The molecule has 0 amide bonds. The zero-order valence-corrected chi connectivity index (χ0v) is 10.6. The molecule has 0 spiro atoms. The van der Waals surface area contributed by atoms with E-state index in [1.165, 1.54) is 44.9 Å². The van der Waals surface area contributed by atoms with Gasteiger partial charge in [0, 0.05) is 0 Å². The lowest BCUT2D eigenvalue weighted by atomic mass is 9.61. The normalized spacial score (nSPS) is 39.3. The highest BCUT2D eigenvalue weighted by Gasteiger charge is 2.43. The van der Waals surface area contributed by atoms with E-state index in [1.54, 1.807) is 11.1 Å². The quantitative estimate of drug-likeness (QED) is 0.609. The number of aryl methyl sites for hydroxylation is 1. The zero-order valence-electron chi connectivity index (χ0n) is 10.6. The average molecular weight is 226 g/mol. The van der Waals surface area contributed by atoms with E-state index >= 15 is 0 Å². The van der Waals surface area contributed by atoms with E-state index in [0.717, 1.165) is 23.7 Å². The summed E-state index contributed by atoms with van der Waals surface area (Å²) in [6, 6.07) is 9.26. The second-order valence-corrected chi connectivity index (χ2v) is 6.44. The Bertz CT molecular complexity index is 420. The summed E-state index contributed by atoms with van der Waals surface area (Å²) in [7, 11) is 0. The molecular weight excluding hydrogens is 204 g/mol. The van der Waals surface area contributed by atoms with Crippen LogP contribution in [0.1, 0.15) is 55.6 Å². The molecule has 0 bridgehead atoms. The van der Waals surface area contributed by atoms with Crippen molar-refractivity contribution in [3.05, 3.63) is 35.4 Å². The summed E-state index contributed by atoms with van der Waals surface area (Å²) in [5.41, 5.74) is 3.37. The van der Waals surface area contributed by atoms with E-state index < -0.39 is 0 Å². The molecular formula is C17H22. The molecule has 3 aliphatic carbocycles. The number of hydrogen-bond acceptors (Lipinski definition) is 0. The largest absolute Gasteiger partial charge is 0.0620 e. The van der Waals surface area contributed by atoms with Crippen LogP contribution in [-0.4, -0.2) is 0 Å². The van der Waals surface area contributed by atoms with Gasteiger partial charge in [0.1, 0.15) is 0 Å². The van der Waals surface area contributed by atoms with Gasteiger partial charge in [-0.1, -0.05) is 37.1 Å². The van der Waals surface area contributed by atoms with Crippen LogP contribution in [0.3, 0.4) is 0 Å². The van der Waals surface area contributed by atoms with Gasteiger partial charge < -0.3 is 0 Å². The van der Waals surface area contributed by atoms with Crippen molar-refractivity contribution in [2.45, 2.75) is 50.9 Å². The molecule has 0 heterocycles. The fourth-order valence-electron chi connectivity index (χ4n) is 5.14. The smallest absolute Gasteiger partial charge is 0.0128 e. The van der Waals surface area contributed by atoms with Crippen LogP contribution in [0, 0.1) is 17.8 Å². The summed E-state index contributed by atoms with van der Waals surface area (Å²) in [4.78, 5) is 0. The predicted octanol–water partition coefficient (Wildman–Crippen LogP) is 4.54. The molecule has 0 aromatic heterocycles. The monoisotopic (exact) mass is 226 g/mol. The maximum absolute atomic E-state index is 2.42. The van der Waals surface area contributed by atoms with Crippen LogP contribution in [0.5, 0.6) is 0 Å². The van der Waals surface area contributed by atoms with Crippen LogP contribution in [0.15, 0.2) is 24.3 Å². The van der Waals surface area contributed by atoms with Crippen LogP contribution in [-0.2, 0) is 6.42 Å². The maximum atomic E-state index is 2.42. The van der Waals surface area contributed by atoms with E-state index in [9.17, 15) is 0 Å². The molecule has 90 valence electrons. The van der Waals surface area contributed by atoms with Crippen molar-refractivity contribution in [2.75, 3.05) is 0 Å². The lowest BCUT2D eigenvalue weighted by Crippen LogP contribution is -2.33. The Hall–Kier alpha value is -0.780. The third-order valence-electron chi connectivity index (χ3n) is 5.83. The van der Waals surface area contributed by atoms with E-state index in [4.69, 9.17) is 0 Å². The third-order valence-corrected chi connectivity index (χ3v) is 5.83. The van der Waals surface area contributed by atoms with Crippen molar-refractivity contribution < 1.29 is 0 Å². The van der Waals surface area contributed by atoms with E-state index in [0.29, 0.717) is 0 Å². The molecule has 4 rings (SSSR count). The van der Waals surface area contributed by atoms with E-state index in [2.05, 4.69) is 24.3 Å². The van der Waals surface area contributed by atoms with Gasteiger partial charge in [0.25, 0.3) is 0 Å². The molecule has 0 N–H and O–H groups in total. The lowest BCUT2D eigenvalue weighted by Gasteiger charge is -2.44. The fraction of sp³-hybridized carbons (Fsp3) is 0.647. The third kappa shape index (κ3) is 1.49. The van der Waals surface area contributed by atoms with Crippen molar-refractivity contribution in [1.29, 1.82) is 0 Å². The van der Waals surface area contributed by atoms with Crippen LogP contribution in [0.25, 0.3) is 0 Å². The summed E-state index contributed by atoms with van der Waals surface area (Å²) < 4.78 is 0. The summed E-state index contributed by atoms with van der Waals surface area (Å²) in [6.07, 6.45) is 10.4. The van der Waals surface area contributed by atoms with Gasteiger partial charge >= 0.3 is 0 Å². The molecule has 1 aromatic carbocycles. The lowest BCUT2D eigenvalue weighted by molar-refractivity contribution is 0.137. The van der Waals surface area contributed by atoms with Crippen molar-refractivity contribution in [1.82, 2.24) is 0 Å². The molecule has 2 unspecified atom stereocenters. The molecule has 0 saturated heterocycles. The van der Waals surface area contributed by atoms with Gasteiger partial charge in [-0.05, 0) is 66.9 Å². The Morgan fingerprint density at radius 3 is 2.76 bits per heavy atom. The van der Waals surface area contributed by atoms with Crippen LogP contribution in [0.2, 0.25) is 0 Å². The molecule has 0 heteroatoms. The molecule has 17 heavy (non-hydrogen) atoms. The first-order valence-electron chi connectivity index (χ1n) is 7.51. The van der Waals surface area contributed by atoms with Crippen molar-refractivity contribution in [3.63, 3.8) is 0 Å². The molecule has 2 fully saturated rings. The SMILES string of the molecule is c1ccc2c(c1)CCC1[C@@H]3CCCC3CC[C@H]21. The summed E-state index contributed by atoms with van der Waals surface area (Å²) in [5.74, 6) is 4.13. The first-order chi connectivity index (χ1) is 8.43. The van der Waals surface area contributed by atoms with E-state index in [-0.39, 0.29) is 0 Å². The van der Waals surface area contributed by atoms with Crippen LogP contribution in [0.4, 0.5) is 0 Å². The molecule has 3 aliphatic rings. The predicted molar refractivity (Wildman–Crippen MR) is 71.1 cm³/mol. The average Bonchev–Trinajstić information content (AvgIpc) is 2.86. The van der Waals surface area contributed by atoms with Crippen molar-refractivity contribution in [3.8, 4) is 0 Å². The van der Waals surface area contributed by atoms with Crippen molar-refractivity contribution in [2.24, 2.45) is 17.8 Å². The highest BCUT2D eigenvalue weighted by atomic mass is 14.5. The molecule has 0 radical (unpaired) electrons. The number of rotatable bonds is 0. The van der Waals surface area contributed by atoms with Gasteiger partial charge in [-0.25, -0.2) is 0 Å². The first-order valence-corrected chi connectivity index (χ1v) is 7.51. The summed E-state index contributed by atoms with van der Waals surface area (Å²) >= 11 is 0. The van der Waals surface area contributed by atoms with Crippen LogP contribution < -0.4 is 0 Å². The minimum absolute atomic E-state index is 0.916. The van der Waals surface area contributed by atoms with Gasteiger partial charge in [-0.3, -0.25) is 0 Å². The molecule has 0 aliphatic heterocycles. The Kier molecular flexibility index (Phi) is 2.31. The second kappa shape index (κ2) is 3.86. The van der Waals surface area contributed by atoms with Gasteiger partial charge in [0.15, 0.2) is 0 Å². The first kappa shape index (κ1) is 10.2. The molecule has 4 atom stereocenters. The Labute approximate surface area is 104 Å². The van der Waals surface area contributed by atoms with Crippen molar-refractivity contribution >= 4 is 0 Å². The second-order valence-electron chi connectivity index (χ2n) is 6.44. The topological polar surface area (TPSA) is 0 Å². The minimum Gasteiger partial charge on any atom is -0.0620 e. The molecule has 2 saturated carbocycles. The summed E-state index contributed by atoms with van der Waals surface area (Å²) in [6.45, 7) is 0. The Morgan fingerprint density at radius 1 is 0.824 bits per heavy atom. The number of hydrogen-bond donors (Lipinski definition) is 0.